The molecule has 0 atom stereocenters. The Labute approximate surface area is 72.2 Å². The molecule has 0 saturated carbocycles. The molecule has 1 aromatic rings. The highest BCUT2D eigenvalue weighted by atomic mass is 19.1. The summed E-state index contributed by atoms with van der Waals surface area (Å²) in [5.74, 6) is -0.368. The maximum atomic E-state index is 12.4. The van der Waals surface area contributed by atoms with E-state index < -0.39 is 6.67 Å². The van der Waals surface area contributed by atoms with E-state index in [1.165, 1.54) is 12.1 Å². The third-order valence-corrected chi connectivity index (χ3v) is 1.26. The third-order valence-electron chi connectivity index (χ3n) is 1.26. The Balaban J connectivity index is 0.000000561. The van der Waals surface area contributed by atoms with Crippen LogP contribution in [0.1, 0.15) is 25.0 Å². The van der Waals surface area contributed by atoms with Crippen molar-refractivity contribution >= 4 is 0 Å². The average Bonchev–Trinajstić information content (AvgIpc) is 2.06. The molecule has 0 spiro atoms. The molecule has 0 bridgehead atoms. The summed E-state index contributed by atoms with van der Waals surface area (Å²) in [6, 6.07) is 4.20. The summed E-state index contributed by atoms with van der Waals surface area (Å²) in [4.78, 5) is 0. The van der Waals surface area contributed by atoms with E-state index in [4.69, 9.17) is 0 Å². The standard InChI is InChI=1S/C8H8F2.C2H6/c1-6-2-7(5-9)4-8(10)3-6;1-2/h2-4H,5H2,1H3;1-2H3. The number of hydrogen-bond acceptors (Lipinski definition) is 0. The summed E-state index contributed by atoms with van der Waals surface area (Å²) in [5.41, 5.74) is 1.16. The predicted molar refractivity (Wildman–Crippen MR) is 47.3 cm³/mol. The molecular formula is C10H14F2. The van der Waals surface area contributed by atoms with Gasteiger partial charge < -0.3 is 0 Å². The van der Waals surface area contributed by atoms with E-state index in [0.717, 1.165) is 5.56 Å². The predicted octanol–water partition coefficient (Wildman–Crippen LogP) is 3.63. The Morgan fingerprint density at radius 1 is 1.17 bits per heavy atom. The van der Waals surface area contributed by atoms with Gasteiger partial charge in [0.2, 0.25) is 0 Å². The average molecular weight is 172 g/mol. The van der Waals surface area contributed by atoms with Crippen molar-refractivity contribution < 1.29 is 8.78 Å². The van der Waals surface area contributed by atoms with Gasteiger partial charge in [-0.15, -0.1) is 0 Å². The van der Waals surface area contributed by atoms with Crippen molar-refractivity contribution in [3.05, 3.63) is 35.1 Å². The second-order valence-corrected chi connectivity index (χ2v) is 2.27. The fourth-order valence-electron chi connectivity index (χ4n) is 0.889. The van der Waals surface area contributed by atoms with Gasteiger partial charge in [-0.05, 0) is 30.2 Å². The lowest BCUT2D eigenvalue weighted by atomic mass is 10.1. The van der Waals surface area contributed by atoms with E-state index in [-0.39, 0.29) is 5.82 Å². The normalized spacial score (nSPS) is 8.75. The molecule has 0 N–H and O–H groups in total. The first-order valence-electron chi connectivity index (χ1n) is 4.04. The number of hydrogen-bond donors (Lipinski definition) is 0. The van der Waals surface area contributed by atoms with Crippen LogP contribution in [0.3, 0.4) is 0 Å². The second-order valence-electron chi connectivity index (χ2n) is 2.27. The molecule has 0 radical (unpaired) electrons. The Hall–Kier alpha value is -0.920. The summed E-state index contributed by atoms with van der Waals surface area (Å²) in [7, 11) is 0. The summed E-state index contributed by atoms with van der Waals surface area (Å²) >= 11 is 0. The Kier molecular flexibility index (Phi) is 5.26. The van der Waals surface area contributed by atoms with Gasteiger partial charge in [-0.3, -0.25) is 0 Å². The fraction of sp³-hybridized carbons (Fsp3) is 0.400. The summed E-state index contributed by atoms with van der Waals surface area (Å²) < 4.78 is 24.4. The first-order chi connectivity index (χ1) is 5.72. The highest BCUT2D eigenvalue weighted by Crippen LogP contribution is 2.08. The van der Waals surface area contributed by atoms with Crippen LogP contribution in [-0.4, -0.2) is 0 Å². The van der Waals surface area contributed by atoms with E-state index in [9.17, 15) is 8.78 Å². The monoisotopic (exact) mass is 172 g/mol. The van der Waals surface area contributed by atoms with Crippen LogP contribution in [0.4, 0.5) is 8.78 Å². The molecule has 1 rings (SSSR count). The number of aryl methyl sites for hydroxylation is 1. The zero-order valence-corrected chi connectivity index (χ0v) is 7.70. The van der Waals surface area contributed by atoms with E-state index in [0.29, 0.717) is 5.56 Å². The summed E-state index contributed by atoms with van der Waals surface area (Å²) in [5, 5.41) is 0. The number of halogens is 2. The minimum absolute atomic E-state index is 0.368. The zero-order valence-electron chi connectivity index (χ0n) is 7.70. The Bertz CT molecular complexity index is 211. The molecule has 0 saturated heterocycles. The molecular weight excluding hydrogens is 158 g/mol. The molecule has 0 aliphatic heterocycles. The van der Waals surface area contributed by atoms with Gasteiger partial charge >= 0.3 is 0 Å². The van der Waals surface area contributed by atoms with Crippen molar-refractivity contribution in [1.82, 2.24) is 0 Å². The third kappa shape index (κ3) is 3.46. The molecule has 1 aromatic carbocycles. The molecule has 0 aliphatic rings. The first-order valence-corrected chi connectivity index (χ1v) is 4.04. The van der Waals surface area contributed by atoms with Crippen LogP contribution in [0.25, 0.3) is 0 Å². The molecule has 12 heavy (non-hydrogen) atoms. The SMILES string of the molecule is CC.Cc1cc(F)cc(CF)c1. The van der Waals surface area contributed by atoms with Crippen LogP contribution in [0, 0.1) is 12.7 Å². The van der Waals surface area contributed by atoms with Crippen molar-refractivity contribution in [1.29, 1.82) is 0 Å². The van der Waals surface area contributed by atoms with Gasteiger partial charge in [0.1, 0.15) is 12.5 Å². The molecule has 0 amide bonds. The molecule has 0 nitrogen and oxygen atoms in total. The van der Waals surface area contributed by atoms with Gasteiger partial charge in [0.25, 0.3) is 0 Å². The van der Waals surface area contributed by atoms with Crippen LogP contribution < -0.4 is 0 Å². The Morgan fingerprint density at radius 2 is 1.75 bits per heavy atom. The van der Waals surface area contributed by atoms with Gasteiger partial charge in [0.05, 0.1) is 0 Å². The first kappa shape index (κ1) is 11.1. The molecule has 0 unspecified atom stereocenters. The molecule has 2 heteroatoms. The molecule has 0 aromatic heterocycles. The quantitative estimate of drug-likeness (QED) is 0.606. The van der Waals surface area contributed by atoms with Crippen molar-refractivity contribution in [3.8, 4) is 0 Å². The van der Waals surface area contributed by atoms with E-state index in [2.05, 4.69) is 0 Å². The van der Waals surface area contributed by atoms with E-state index in [1.54, 1.807) is 13.0 Å². The highest BCUT2D eigenvalue weighted by Gasteiger charge is 1.95. The smallest absolute Gasteiger partial charge is 0.123 e. The minimum Gasteiger partial charge on any atom is -0.246 e. The minimum atomic E-state index is -0.599. The maximum absolute atomic E-state index is 12.4. The van der Waals surface area contributed by atoms with E-state index in [1.807, 2.05) is 13.8 Å². The van der Waals surface area contributed by atoms with Crippen molar-refractivity contribution in [2.45, 2.75) is 27.4 Å². The molecule has 0 aliphatic carbocycles. The van der Waals surface area contributed by atoms with Gasteiger partial charge in [-0.25, -0.2) is 8.78 Å². The van der Waals surface area contributed by atoms with Crippen LogP contribution >= 0.6 is 0 Å². The molecule has 68 valence electrons. The number of benzene rings is 1. The van der Waals surface area contributed by atoms with Gasteiger partial charge in [-0.2, -0.15) is 0 Å². The van der Waals surface area contributed by atoms with Crippen molar-refractivity contribution in [3.63, 3.8) is 0 Å². The van der Waals surface area contributed by atoms with Crippen LogP contribution in [0.15, 0.2) is 18.2 Å². The number of alkyl halides is 1. The molecule has 0 heterocycles. The highest BCUT2D eigenvalue weighted by molar-refractivity contribution is 5.22. The zero-order chi connectivity index (χ0) is 9.56. The van der Waals surface area contributed by atoms with Crippen molar-refractivity contribution in [2.24, 2.45) is 0 Å². The van der Waals surface area contributed by atoms with Gasteiger partial charge in [0, 0.05) is 0 Å². The van der Waals surface area contributed by atoms with Crippen LogP contribution in [-0.2, 0) is 6.67 Å². The van der Waals surface area contributed by atoms with Crippen molar-refractivity contribution in [2.75, 3.05) is 0 Å². The number of rotatable bonds is 1. The molecule has 0 fully saturated rings. The lowest BCUT2D eigenvalue weighted by molar-refractivity contribution is 0.482. The second kappa shape index (κ2) is 5.70. The fourth-order valence-corrected chi connectivity index (χ4v) is 0.889. The summed E-state index contributed by atoms with van der Waals surface area (Å²) in [6.45, 7) is 5.14. The lowest BCUT2D eigenvalue weighted by Gasteiger charge is -1.96. The van der Waals surface area contributed by atoms with Crippen LogP contribution in [0.2, 0.25) is 0 Å². The largest absolute Gasteiger partial charge is 0.246 e. The van der Waals surface area contributed by atoms with Gasteiger partial charge in [-0.1, -0.05) is 19.9 Å². The maximum Gasteiger partial charge on any atom is 0.123 e. The lowest BCUT2D eigenvalue weighted by Crippen LogP contribution is -1.83. The van der Waals surface area contributed by atoms with Gasteiger partial charge in [0.15, 0.2) is 0 Å². The Morgan fingerprint density at radius 3 is 2.17 bits per heavy atom. The topological polar surface area (TPSA) is 0 Å². The van der Waals surface area contributed by atoms with E-state index >= 15 is 0 Å². The summed E-state index contributed by atoms with van der Waals surface area (Å²) in [6.07, 6.45) is 0. The van der Waals surface area contributed by atoms with Crippen LogP contribution in [0.5, 0.6) is 0 Å².